The fourth-order valence-corrected chi connectivity index (χ4v) is 8.33. The lowest BCUT2D eigenvalue weighted by Gasteiger charge is -2.36. The largest absolute Gasteiger partial charge is 0.493 e. The molecular weight excluding hydrogens is 723 g/mol. The van der Waals surface area contributed by atoms with Crippen LogP contribution in [0, 0.1) is 0 Å². The van der Waals surface area contributed by atoms with E-state index in [1.165, 1.54) is 0 Å². The summed E-state index contributed by atoms with van der Waals surface area (Å²) in [4.78, 5) is 72.8. The minimum Gasteiger partial charge on any atom is -0.493 e. The second-order valence-electron chi connectivity index (χ2n) is 14.9. The van der Waals surface area contributed by atoms with Crippen LogP contribution < -0.4 is 15.0 Å². The predicted octanol–water partition coefficient (Wildman–Crippen LogP) is 5.11. The summed E-state index contributed by atoms with van der Waals surface area (Å²) in [5.41, 5.74) is 8.32. The zero-order chi connectivity index (χ0) is 39.0. The number of ether oxygens (including phenoxy) is 1. The molecule has 5 heterocycles. The highest BCUT2D eigenvalue weighted by Gasteiger charge is 2.46. The molecule has 2 aromatic heterocycles. The Morgan fingerprint density at radius 3 is 2.32 bits per heavy atom. The Balaban J connectivity index is 0.779. The lowest BCUT2D eigenvalue weighted by Crippen LogP contribution is -2.54. The molecule has 0 radical (unpaired) electrons. The van der Waals surface area contributed by atoms with Gasteiger partial charge in [0, 0.05) is 80.0 Å². The quantitative estimate of drug-likeness (QED) is 0.142. The molecule has 13 nitrogen and oxygen atoms in total. The number of Topliss-reactive ketones (excluding diaryl/α,β-unsaturated/α-hetero) is 1. The molecule has 0 saturated carbocycles. The van der Waals surface area contributed by atoms with E-state index in [0.29, 0.717) is 18.8 Å². The van der Waals surface area contributed by atoms with E-state index in [2.05, 4.69) is 56.6 Å². The number of rotatable bonds is 11. The fraction of sp³-hybridized carbons (Fsp3) is 0.295. The van der Waals surface area contributed by atoms with Crippen molar-refractivity contribution in [2.24, 2.45) is 0 Å². The summed E-state index contributed by atoms with van der Waals surface area (Å²) in [6, 6.07) is 22.5. The van der Waals surface area contributed by atoms with Crippen molar-refractivity contribution >= 4 is 35.1 Å². The summed E-state index contributed by atoms with van der Waals surface area (Å²) in [5, 5.41) is 7.26. The molecule has 1 aliphatic carbocycles. The number of carbonyl (C=O) groups excluding carboxylic acids is 5. The predicted molar refractivity (Wildman–Crippen MR) is 211 cm³/mol. The summed E-state index contributed by atoms with van der Waals surface area (Å²) < 4.78 is 7.95. The Labute approximate surface area is 329 Å². The first-order valence-electron chi connectivity index (χ1n) is 19.5. The number of amides is 4. The first kappa shape index (κ1) is 36.2. The van der Waals surface area contributed by atoms with E-state index in [4.69, 9.17) is 9.84 Å². The second-order valence-corrected chi connectivity index (χ2v) is 14.9. The first-order chi connectivity index (χ1) is 27.8. The summed E-state index contributed by atoms with van der Waals surface area (Å²) in [7, 11) is 0. The lowest BCUT2D eigenvalue weighted by atomic mass is 9.98. The number of aromatic nitrogens is 3. The molecule has 13 heteroatoms. The zero-order valence-electron chi connectivity index (χ0n) is 31.4. The molecule has 4 aliphatic rings. The van der Waals surface area contributed by atoms with Gasteiger partial charge in [0.25, 0.3) is 11.8 Å². The fourth-order valence-electron chi connectivity index (χ4n) is 8.33. The summed E-state index contributed by atoms with van der Waals surface area (Å²) >= 11 is 0. The van der Waals surface area contributed by atoms with Crippen molar-refractivity contribution in [1.29, 1.82) is 0 Å². The van der Waals surface area contributed by atoms with Crippen LogP contribution in [0.15, 0.2) is 91.4 Å². The summed E-state index contributed by atoms with van der Waals surface area (Å²) in [6.07, 6.45) is 8.82. The van der Waals surface area contributed by atoms with E-state index >= 15 is 0 Å². The van der Waals surface area contributed by atoms with Crippen molar-refractivity contribution in [2.75, 3.05) is 44.2 Å². The molecule has 2 fully saturated rings. The third-order valence-electron chi connectivity index (χ3n) is 11.4. The Morgan fingerprint density at radius 2 is 1.53 bits per heavy atom. The Morgan fingerprint density at radius 1 is 0.737 bits per heavy atom. The van der Waals surface area contributed by atoms with Gasteiger partial charge in [-0.2, -0.15) is 5.10 Å². The highest BCUT2D eigenvalue weighted by molar-refractivity contribution is 6.24. The van der Waals surface area contributed by atoms with Gasteiger partial charge in [-0.05, 0) is 91.9 Å². The molecular formula is C44H41N7O6. The van der Waals surface area contributed by atoms with Crippen LogP contribution in [-0.2, 0) is 16.0 Å². The summed E-state index contributed by atoms with van der Waals surface area (Å²) in [5.74, 6) is -1.61. The van der Waals surface area contributed by atoms with Crippen molar-refractivity contribution in [1.82, 2.24) is 29.9 Å². The first-order valence-corrected chi connectivity index (χ1v) is 19.5. The number of ketones is 1. The van der Waals surface area contributed by atoms with Crippen LogP contribution in [0.1, 0.15) is 68.7 Å². The molecule has 288 valence electrons. The SMILES string of the molecule is O=C1CC[C@H](N2C(=O)c3cccc(OCCCCN4CCN(c5ccc(-n6cc(-c7ccc8c(c7)CCC8=O)c(-c7ccncc7)n6)cc5)CC4)c3C2=O)C(=O)N1. The maximum atomic E-state index is 13.3. The van der Waals surface area contributed by atoms with Gasteiger partial charge in [-0.1, -0.05) is 24.3 Å². The van der Waals surface area contributed by atoms with Crippen LogP contribution >= 0.6 is 0 Å². The van der Waals surface area contributed by atoms with Crippen molar-refractivity contribution < 1.29 is 28.7 Å². The maximum Gasteiger partial charge on any atom is 0.266 e. The van der Waals surface area contributed by atoms with Crippen LogP contribution in [0.2, 0.25) is 0 Å². The number of hydrogen-bond donors (Lipinski definition) is 1. The molecule has 4 amide bonds. The number of imide groups is 2. The Hall–Kier alpha value is -6.47. The topological polar surface area (TPSA) is 147 Å². The smallest absolute Gasteiger partial charge is 0.266 e. The van der Waals surface area contributed by atoms with Gasteiger partial charge < -0.3 is 9.64 Å². The summed E-state index contributed by atoms with van der Waals surface area (Å²) in [6.45, 7) is 5.00. The van der Waals surface area contributed by atoms with Crippen LogP contribution in [0.3, 0.4) is 0 Å². The van der Waals surface area contributed by atoms with Crippen molar-refractivity contribution in [3.05, 3.63) is 114 Å². The van der Waals surface area contributed by atoms with Gasteiger partial charge in [-0.3, -0.25) is 44.1 Å². The molecule has 3 aromatic carbocycles. The number of hydrogen-bond acceptors (Lipinski definition) is 10. The minimum atomic E-state index is -1.01. The number of anilines is 1. The van der Waals surface area contributed by atoms with Gasteiger partial charge in [-0.15, -0.1) is 0 Å². The number of piperidine rings is 1. The minimum absolute atomic E-state index is 0.0714. The van der Waals surface area contributed by atoms with Gasteiger partial charge in [0.15, 0.2) is 5.78 Å². The Kier molecular flexibility index (Phi) is 9.67. The number of piperazine rings is 1. The molecule has 9 rings (SSSR count). The normalized spacial score (nSPS) is 18.2. The van der Waals surface area contributed by atoms with Gasteiger partial charge >= 0.3 is 0 Å². The second kappa shape index (κ2) is 15.2. The molecule has 1 atom stereocenters. The Bertz CT molecular complexity index is 2400. The van der Waals surface area contributed by atoms with E-state index in [0.717, 1.165) is 102 Å². The maximum absolute atomic E-state index is 13.3. The lowest BCUT2D eigenvalue weighted by molar-refractivity contribution is -0.136. The van der Waals surface area contributed by atoms with E-state index in [1.54, 1.807) is 30.6 Å². The van der Waals surface area contributed by atoms with Crippen LogP contribution in [-0.4, -0.2) is 99.3 Å². The van der Waals surface area contributed by atoms with Gasteiger partial charge in [0.05, 0.1) is 23.4 Å². The number of fused-ring (bicyclic) bond motifs is 2. The third kappa shape index (κ3) is 6.99. The monoisotopic (exact) mass is 763 g/mol. The molecule has 1 N–H and O–H groups in total. The van der Waals surface area contributed by atoms with Crippen LogP contribution in [0.5, 0.6) is 5.75 Å². The molecule has 57 heavy (non-hydrogen) atoms. The van der Waals surface area contributed by atoms with Crippen LogP contribution in [0.25, 0.3) is 28.1 Å². The van der Waals surface area contributed by atoms with E-state index < -0.39 is 29.7 Å². The zero-order valence-corrected chi connectivity index (χ0v) is 31.4. The van der Waals surface area contributed by atoms with Crippen LogP contribution in [0.4, 0.5) is 5.69 Å². The molecule has 0 bridgehead atoms. The molecule has 5 aromatic rings. The van der Waals surface area contributed by atoms with Gasteiger partial charge in [0.2, 0.25) is 11.8 Å². The molecule has 0 spiro atoms. The molecule has 3 aliphatic heterocycles. The highest BCUT2D eigenvalue weighted by atomic mass is 16.5. The number of nitrogens with zero attached hydrogens (tertiary/aromatic N) is 6. The molecule has 2 saturated heterocycles. The number of pyridine rings is 1. The number of benzene rings is 3. The average Bonchev–Trinajstić information content (AvgIpc) is 3.92. The standard InChI is InChI=1S/C44H41N7O6/c52-37-14-7-29-26-30(6-12-33(29)37)35-27-50(47-41(35)28-16-18-45-19-17-28)32-10-8-31(9-11-32)49-23-21-48(22-24-49)20-1-2-25-57-38-5-3-4-34-40(38)44(56)51(43(34)55)36-13-15-39(53)46-42(36)54/h3-6,8-12,16-19,26-27,36H,1-2,7,13-15,20-25H2,(H,46,53,54)/t36-/m0/s1. The third-order valence-corrected chi connectivity index (χ3v) is 11.4. The average molecular weight is 764 g/mol. The molecule has 0 unspecified atom stereocenters. The van der Waals surface area contributed by atoms with Crippen molar-refractivity contribution in [3.8, 4) is 33.8 Å². The number of carbonyl (C=O) groups is 5. The van der Waals surface area contributed by atoms with E-state index in [-0.39, 0.29) is 29.8 Å². The number of aryl methyl sites for hydroxylation is 1. The highest BCUT2D eigenvalue weighted by Crippen LogP contribution is 2.36. The van der Waals surface area contributed by atoms with E-state index in [9.17, 15) is 24.0 Å². The van der Waals surface area contributed by atoms with Crippen molar-refractivity contribution in [2.45, 2.75) is 44.6 Å². The van der Waals surface area contributed by atoms with Crippen molar-refractivity contribution in [3.63, 3.8) is 0 Å². The number of unbranched alkanes of at least 4 members (excludes halogenated alkanes) is 1. The van der Waals surface area contributed by atoms with E-state index in [1.807, 2.05) is 28.9 Å². The van der Waals surface area contributed by atoms with Gasteiger partial charge in [-0.25, -0.2) is 4.68 Å². The van der Waals surface area contributed by atoms with Gasteiger partial charge in [0.1, 0.15) is 17.5 Å². The number of nitrogens with one attached hydrogen (secondary N) is 1.